The number of nitrogens with zero attached hydrogens (tertiary/aromatic N) is 1. The van der Waals surface area contributed by atoms with Gasteiger partial charge in [-0.3, -0.25) is 4.84 Å². The van der Waals surface area contributed by atoms with Gasteiger partial charge >= 0.3 is 0 Å². The lowest BCUT2D eigenvalue weighted by Gasteiger charge is -2.26. The molecule has 1 atom stereocenters. The van der Waals surface area contributed by atoms with Crippen molar-refractivity contribution in [2.45, 2.75) is 15.9 Å². The quantitative estimate of drug-likeness (QED) is 0.549. The Labute approximate surface area is 170 Å². The number of rotatable bonds is 8. The Morgan fingerprint density at radius 1 is 0.690 bits per heavy atom. The van der Waals surface area contributed by atoms with Crippen LogP contribution in [0.15, 0.2) is 101 Å². The molecule has 9 heteroatoms. The van der Waals surface area contributed by atoms with Gasteiger partial charge in [-0.15, -0.1) is 0 Å². The van der Waals surface area contributed by atoms with Crippen LogP contribution in [0.4, 0.5) is 0 Å². The van der Waals surface area contributed by atoms with Gasteiger partial charge in [0.15, 0.2) is 0 Å². The first-order chi connectivity index (χ1) is 13.9. The standard InChI is InChI=1S/C20H20N2O5S2/c21-27-20(17-10-4-1-5-11-17)16-22(28(23,24)18-12-6-2-7-13-18)29(25,26)19-14-8-3-9-15-19/h1-15,20H,16,21H2. The molecular formula is C20H20N2O5S2. The van der Waals surface area contributed by atoms with Crippen molar-refractivity contribution >= 4 is 20.0 Å². The molecule has 0 saturated carbocycles. The molecule has 0 aromatic heterocycles. The monoisotopic (exact) mass is 432 g/mol. The molecule has 3 aromatic rings. The second-order valence-corrected chi connectivity index (χ2v) is 10.1. The summed E-state index contributed by atoms with van der Waals surface area (Å²) in [4.78, 5) is 4.66. The molecule has 2 N–H and O–H groups in total. The maximum Gasteiger partial charge on any atom is 0.256 e. The highest BCUT2D eigenvalue weighted by Gasteiger charge is 2.38. The van der Waals surface area contributed by atoms with Gasteiger partial charge in [0.05, 0.1) is 16.3 Å². The van der Waals surface area contributed by atoms with Crippen molar-refractivity contribution in [3.05, 3.63) is 96.6 Å². The van der Waals surface area contributed by atoms with Gasteiger partial charge < -0.3 is 0 Å². The van der Waals surface area contributed by atoms with Gasteiger partial charge in [-0.25, -0.2) is 22.7 Å². The highest BCUT2D eigenvalue weighted by Crippen LogP contribution is 2.28. The minimum Gasteiger partial charge on any atom is -0.295 e. The van der Waals surface area contributed by atoms with Crippen LogP contribution in [-0.4, -0.2) is 27.1 Å². The molecule has 3 aromatic carbocycles. The largest absolute Gasteiger partial charge is 0.295 e. The molecule has 0 amide bonds. The second kappa shape index (κ2) is 8.85. The molecule has 0 heterocycles. The molecule has 0 aliphatic heterocycles. The minimum atomic E-state index is -4.41. The zero-order valence-electron chi connectivity index (χ0n) is 15.3. The summed E-state index contributed by atoms with van der Waals surface area (Å²) in [5.74, 6) is 5.40. The van der Waals surface area contributed by atoms with Gasteiger partial charge in [-0.05, 0) is 29.8 Å². The Bertz CT molecular complexity index is 1070. The molecule has 29 heavy (non-hydrogen) atoms. The maximum atomic E-state index is 13.3. The van der Waals surface area contributed by atoms with Crippen molar-refractivity contribution in [3.63, 3.8) is 0 Å². The molecule has 0 spiro atoms. The van der Waals surface area contributed by atoms with Crippen LogP contribution < -0.4 is 5.90 Å². The number of hydrogen-bond donors (Lipinski definition) is 1. The van der Waals surface area contributed by atoms with E-state index in [9.17, 15) is 16.8 Å². The van der Waals surface area contributed by atoms with Crippen LogP contribution >= 0.6 is 0 Å². The fraction of sp³-hybridized carbons (Fsp3) is 0.100. The van der Waals surface area contributed by atoms with Crippen LogP contribution in [0, 0.1) is 0 Å². The Hall–Kier alpha value is -2.56. The van der Waals surface area contributed by atoms with Crippen molar-refractivity contribution in [1.82, 2.24) is 3.71 Å². The summed E-state index contributed by atoms with van der Waals surface area (Å²) in [7, 11) is -8.82. The molecule has 0 bridgehead atoms. The van der Waals surface area contributed by atoms with Crippen molar-refractivity contribution < 1.29 is 21.7 Å². The van der Waals surface area contributed by atoms with Gasteiger partial charge in [0, 0.05) is 0 Å². The molecule has 3 rings (SSSR count). The van der Waals surface area contributed by atoms with Crippen molar-refractivity contribution in [2.24, 2.45) is 5.90 Å². The molecule has 0 radical (unpaired) electrons. The number of sulfonamides is 2. The molecule has 0 fully saturated rings. The van der Waals surface area contributed by atoms with Crippen molar-refractivity contribution in [2.75, 3.05) is 6.54 Å². The topological polar surface area (TPSA) is 107 Å². The van der Waals surface area contributed by atoms with E-state index in [2.05, 4.69) is 0 Å². The Balaban J connectivity index is 2.12. The Kier molecular flexibility index (Phi) is 6.46. The zero-order valence-corrected chi connectivity index (χ0v) is 17.0. The summed E-state index contributed by atoms with van der Waals surface area (Å²) >= 11 is 0. The molecular weight excluding hydrogens is 412 g/mol. The maximum absolute atomic E-state index is 13.3. The molecule has 0 aliphatic rings. The minimum absolute atomic E-state index is 0.150. The summed E-state index contributed by atoms with van der Waals surface area (Å²) < 4.78 is 53.6. The molecule has 0 aliphatic carbocycles. The van der Waals surface area contributed by atoms with E-state index in [1.165, 1.54) is 48.5 Å². The molecule has 0 saturated heterocycles. The molecule has 1 unspecified atom stereocenters. The summed E-state index contributed by atoms with van der Waals surface area (Å²) in [6, 6.07) is 23.3. The van der Waals surface area contributed by atoms with E-state index in [0.717, 1.165) is 0 Å². The Morgan fingerprint density at radius 2 is 1.07 bits per heavy atom. The predicted octanol–water partition coefficient (Wildman–Crippen LogP) is 2.70. The van der Waals surface area contributed by atoms with Crippen LogP contribution in [0.1, 0.15) is 11.7 Å². The summed E-state index contributed by atoms with van der Waals surface area (Å²) in [5.41, 5.74) is 0.548. The number of benzene rings is 3. The average molecular weight is 433 g/mol. The molecule has 152 valence electrons. The SMILES string of the molecule is NOC(CN(S(=O)(=O)c1ccccc1)S(=O)(=O)c1ccccc1)c1ccccc1. The average Bonchev–Trinajstić information content (AvgIpc) is 2.76. The third kappa shape index (κ3) is 4.55. The fourth-order valence-corrected chi connectivity index (χ4v) is 6.46. The lowest BCUT2D eigenvalue weighted by atomic mass is 10.1. The van der Waals surface area contributed by atoms with Gasteiger partial charge in [-0.2, -0.15) is 0 Å². The first-order valence-corrected chi connectivity index (χ1v) is 11.5. The predicted molar refractivity (Wildman–Crippen MR) is 108 cm³/mol. The van der Waals surface area contributed by atoms with E-state index < -0.39 is 32.7 Å². The highest BCUT2D eigenvalue weighted by atomic mass is 32.3. The zero-order chi connectivity index (χ0) is 20.9. The third-order valence-corrected chi connectivity index (χ3v) is 8.55. The molecule has 7 nitrogen and oxygen atoms in total. The van der Waals surface area contributed by atoms with E-state index in [4.69, 9.17) is 10.7 Å². The first kappa shape index (κ1) is 21.2. The van der Waals surface area contributed by atoms with Gasteiger partial charge in [0.25, 0.3) is 20.0 Å². The van der Waals surface area contributed by atoms with Crippen LogP contribution in [0.25, 0.3) is 0 Å². The highest BCUT2D eigenvalue weighted by molar-refractivity contribution is 8.04. The second-order valence-electron chi connectivity index (χ2n) is 6.13. The lowest BCUT2D eigenvalue weighted by molar-refractivity contribution is 0.0479. The van der Waals surface area contributed by atoms with E-state index in [-0.39, 0.29) is 9.79 Å². The van der Waals surface area contributed by atoms with Gasteiger partial charge in [0.1, 0.15) is 6.10 Å². The van der Waals surface area contributed by atoms with E-state index in [0.29, 0.717) is 9.27 Å². The van der Waals surface area contributed by atoms with Crippen LogP contribution in [-0.2, 0) is 24.9 Å². The van der Waals surface area contributed by atoms with Gasteiger partial charge in [0.2, 0.25) is 0 Å². The van der Waals surface area contributed by atoms with Crippen LogP contribution in [0.5, 0.6) is 0 Å². The summed E-state index contributed by atoms with van der Waals surface area (Å²) in [5, 5.41) is 0. The van der Waals surface area contributed by atoms with Crippen molar-refractivity contribution in [3.8, 4) is 0 Å². The van der Waals surface area contributed by atoms with E-state index in [1.54, 1.807) is 42.5 Å². The Morgan fingerprint density at radius 3 is 1.45 bits per heavy atom. The van der Waals surface area contributed by atoms with E-state index >= 15 is 0 Å². The third-order valence-electron chi connectivity index (χ3n) is 4.27. The van der Waals surface area contributed by atoms with Crippen LogP contribution in [0.3, 0.4) is 0 Å². The van der Waals surface area contributed by atoms with E-state index in [1.807, 2.05) is 0 Å². The normalized spacial score (nSPS) is 13.3. The van der Waals surface area contributed by atoms with Gasteiger partial charge in [-0.1, -0.05) is 70.4 Å². The first-order valence-electron chi connectivity index (χ1n) is 8.66. The van der Waals surface area contributed by atoms with Crippen LogP contribution in [0.2, 0.25) is 0 Å². The number of nitrogens with two attached hydrogens (primary N) is 1. The lowest BCUT2D eigenvalue weighted by Crippen LogP contribution is -2.40. The number of hydrogen-bond acceptors (Lipinski definition) is 6. The van der Waals surface area contributed by atoms with Crippen molar-refractivity contribution in [1.29, 1.82) is 0 Å². The summed E-state index contributed by atoms with van der Waals surface area (Å²) in [6.07, 6.45) is -0.992. The fourth-order valence-electron chi connectivity index (χ4n) is 2.78. The summed E-state index contributed by atoms with van der Waals surface area (Å²) in [6.45, 7) is -0.519. The smallest absolute Gasteiger partial charge is 0.256 e.